The third-order valence-electron chi connectivity index (χ3n) is 1.61. The topological polar surface area (TPSA) is 0 Å². The normalized spacial score (nSPS) is 13.9. The molecule has 0 heteroatoms. The molecule has 0 atom stereocenters. The van der Waals surface area contributed by atoms with Crippen LogP contribution in [0.5, 0.6) is 0 Å². The minimum Gasteiger partial charge on any atom is -0.0961 e. The van der Waals surface area contributed by atoms with Crippen LogP contribution in [0.4, 0.5) is 0 Å². The molecule has 0 amide bonds. The van der Waals surface area contributed by atoms with Crippen molar-refractivity contribution in [2.75, 3.05) is 0 Å². The molecule has 0 heterocycles. The van der Waals surface area contributed by atoms with Crippen molar-refractivity contribution >= 4 is 0 Å². The zero-order chi connectivity index (χ0) is 9.78. The smallest absolute Gasteiger partial charge is 0.0132 e. The van der Waals surface area contributed by atoms with Crippen LogP contribution in [0.15, 0.2) is 36.0 Å². The number of hydrogen-bond donors (Lipinski definition) is 0. The van der Waals surface area contributed by atoms with Gasteiger partial charge >= 0.3 is 0 Å². The van der Waals surface area contributed by atoms with E-state index in [1.54, 1.807) is 0 Å². The molecule has 0 N–H and O–H groups in total. The minimum atomic E-state index is 0.214. The molecule has 0 aliphatic rings. The van der Waals surface area contributed by atoms with Crippen molar-refractivity contribution in [3.8, 4) is 0 Å². The summed E-state index contributed by atoms with van der Waals surface area (Å²) in [7, 11) is 0. The average Bonchev–Trinajstić information content (AvgIpc) is 1.83. The SMILES string of the molecule is C=C(C)/C=C(\C=C/C)C(C)(C)C. The van der Waals surface area contributed by atoms with E-state index in [2.05, 4.69) is 45.6 Å². The van der Waals surface area contributed by atoms with Crippen LogP contribution >= 0.6 is 0 Å². The van der Waals surface area contributed by atoms with Crippen LogP contribution in [0.25, 0.3) is 0 Å². The summed E-state index contributed by atoms with van der Waals surface area (Å²) in [6.45, 7) is 14.6. The zero-order valence-electron chi connectivity index (χ0n) is 8.94. The predicted molar refractivity (Wildman–Crippen MR) is 57.2 cm³/mol. The Kier molecular flexibility index (Phi) is 4.02. The van der Waals surface area contributed by atoms with Gasteiger partial charge in [0.25, 0.3) is 0 Å². The summed E-state index contributed by atoms with van der Waals surface area (Å²) >= 11 is 0. The number of allylic oxidation sites excluding steroid dienone is 5. The molecule has 0 nitrogen and oxygen atoms in total. The largest absolute Gasteiger partial charge is 0.0961 e. The first-order chi connectivity index (χ1) is 5.38. The molecular formula is C12H20. The maximum atomic E-state index is 3.88. The van der Waals surface area contributed by atoms with Crippen LogP contribution in [0.3, 0.4) is 0 Å². The lowest BCUT2D eigenvalue weighted by atomic mass is 9.85. The van der Waals surface area contributed by atoms with Gasteiger partial charge < -0.3 is 0 Å². The van der Waals surface area contributed by atoms with Gasteiger partial charge in [-0.1, -0.05) is 51.2 Å². The summed E-state index contributed by atoms with van der Waals surface area (Å²) in [6.07, 6.45) is 6.36. The van der Waals surface area contributed by atoms with Gasteiger partial charge in [0.2, 0.25) is 0 Å². The Hall–Kier alpha value is -0.780. The number of rotatable bonds is 2. The van der Waals surface area contributed by atoms with Crippen LogP contribution < -0.4 is 0 Å². The van der Waals surface area contributed by atoms with E-state index in [9.17, 15) is 0 Å². The molecule has 0 rings (SSSR count). The first kappa shape index (κ1) is 11.2. The third kappa shape index (κ3) is 4.17. The third-order valence-corrected chi connectivity index (χ3v) is 1.61. The quantitative estimate of drug-likeness (QED) is 0.539. The lowest BCUT2D eigenvalue weighted by Gasteiger charge is -2.20. The molecule has 0 fully saturated rings. The average molecular weight is 164 g/mol. The summed E-state index contributed by atoms with van der Waals surface area (Å²) in [5.41, 5.74) is 2.65. The van der Waals surface area contributed by atoms with Crippen LogP contribution in [-0.4, -0.2) is 0 Å². The summed E-state index contributed by atoms with van der Waals surface area (Å²) < 4.78 is 0. The highest BCUT2D eigenvalue weighted by atomic mass is 14.2. The summed E-state index contributed by atoms with van der Waals surface area (Å²) in [5, 5.41) is 0. The van der Waals surface area contributed by atoms with Crippen LogP contribution in [0, 0.1) is 5.41 Å². The molecule has 0 aromatic heterocycles. The molecule has 0 saturated heterocycles. The Bertz CT molecular complexity index is 209. The summed E-state index contributed by atoms with van der Waals surface area (Å²) in [6, 6.07) is 0. The van der Waals surface area contributed by atoms with Crippen molar-refractivity contribution in [1.82, 2.24) is 0 Å². The Morgan fingerprint density at radius 1 is 1.25 bits per heavy atom. The lowest BCUT2D eigenvalue weighted by Crippen LogP contribution is -2.07. The second kappa shape index (κ2) is 4.30. The van der Waals surface area contributed by atoms with Gasteiger partial charge in [-0.2, -0.15) is 0 Å². The second-order valence-electron chi connectivity index (χ2n) is 4.20. The maximum absolute atomic E-state index is 3.88. The first-order valence-electron chi connectivity index (χ1n) is 4.38. The molecule has 68 valence electrons. The Morgan fingerprint density at radius 3 is 2.00 bits per heavy atom. The fraction of sp³-hybridized carbons (Fsp3) is 0.500. The van der Waals surface area contributed by atoms with E-state index < -0.39 is 0 Å². The first-order valence-corrected chi connectivity index (χ1v) is 4.38. The lowest BCUT2D eigenvalue weighted by molar-refractivity contribution is 0.516. The summed E-state index contributed by atoms with van der Waals surface area (Å²) in [4.78, 5) is 0. The maximum Gasteiger partial charge on any atom is -0.0132 e. The van der Waals surface area contributed by atoms with Crippen LogP contribution in [0.1, 0.15) is 34.6 Å². The molecule has 0 aliphatic heterocycles. The molecular weight excluding hydrogens is 144 g/mol. The van der Waals surface area contributed by atoms with E-state index in [0.717, 1.165) is 5.57 Å². The van der Waals surface area contributed by atoms with Gasteiger partial charge in [-0.25, -0.2) is 0 Å². The Labute approximate surface area is 76.7 Å². The zero-order valence-corrected chi connectivity index (χ0v) is 8.94. The second-order valence-corrected chi connectivity index (χ2v) is 4.20. The van der Waals surface area contributed by atoms with Gasteiger partial charge in [0, 0.05) is 0 Å². The van der Waals surface area contributed by atoms with Crippen molar-refractivity contribution in [1.29, 1.82) is 0 Å². The minimum absolute atomic E-state index is 0.214. The molecule has 0 bridgehead atoms. The van der Waals surface area contributed by atoms with E-state index in [0.29, 0.717) is 0 Å². The fourth-order valence-electron chi connectivity index (χ4n) is 0.960. The van der Waals surface area contributed by atoms with Crippen molar-refractivity contribution in [3.63, 3.8) is 0 Å². The van der Waals surface area contributed by atoms with Gasteiger partial charge in [0.05, 0.1) is 0 Å². The molecule has 0 radical (unpaired) electrons. The van der Waals surface area contributed by atoms with E-state index >= 15 is 0 Å². The van der Waals surface area contributed by atoms with E-state index in [1.807, 2.05) is 13.8 Å². The predicted octanol–water partition coefficient (Wildman–Crippen LogP) is 4.11. The number of hydrogen-bond acceptors (Lipinski definition) is 0. The van der Waals surface area contributed by atoms with Crippen LogP contribution in [-0.2, 0) is 0 Å². The Balaban J connectivity index is 4.80. The standard InChI is InChI=1S/C12H20/c1-7-8-11(9-10(2)3)12(4,5)6/h7-9H,2H2,1,3-6H3/b8-7-,11-9+. The van der Waals surface area contributed by atoms with E-state index in [1.165, 1.54) is 5.57 Å². The van der Waals surface area contributed by atoms with Gasteiger partial charge in [0.15, 0.2) is 0 Å². The van der Waals surface area contributed by atoms with Gasteiger partial charge in [0.1, 0.15) is 0 Å². The monoisotopic (exact) mass is 164 g/mol. The summed E-state index contributed by atoms with van der Waals surface area (Å²) in [5.74, 6) is 0. The van der Waals surface area contributed by atoms with Gasteiger partial charge in [-0.05, 0) is 24.8 Å². The van der Waals surface area contributed by atoms with Crippen molar-refractivity contribution in [2.24, 2.45) is 5.41 Å². The highest BCUT2D eigenvalue weighted by Gasteiger charge is 2.13. The van der Waals surface area contributed by atoms with Crippen molar-refractivity contribution in [3.05, 3.63) is 36.0 Å². The Morgan fingerprint density at radius 2 is 1.75 bits per heavy atom. The molecule has 0 aromatic carbocycles. The van der Waals surface area contributed by atoms with E-state index in [4.69, 9.17) is 0 Å². The fourth-order valence-corrected chi connectivity index (χ4v) is 0.960. The van der Waals surface area contributed by atoms with Gasteiger partial charge in [-0.15, -0.1) is 0 Å². The molecule has 0 saturated carbocycles. The highest BCUT2D eigenvalue weighted by Crippen LogP contribution is 2.26. The molecule has 0 unspecified atom stereocenters. The van der Waals surface area contributed by atoms with E-state index in [-0.39, 0.29) is 5.41 Å². The molecule has 0 aliphatic carbocycles. The van der Waals surface area contributed by atoms with Crippen molar-refractivity contribution in [2.45, 2.75) is 34.6 Å². The molecule has 0 spiro atoms. The molecule has 12 heavy (non-hydrogen) atoms. The van der Waals surface area contributed by atoms with Crippen LogP contribution in [0.2, 0.25) is 0 Å². The van der Waals surface area contributed by atoms with Gasteiger partial charge in [-0.3, -0.25) is 0 Å². The van der Waals surface area contributed by atoms with Crippen molar-refractivity contribution < 1.29 is 0 Å². The molecule has 0 aromatic rings. The highest BCUT2D eigenvalue weighted by molar-refractivity contribution is 5.31.